The van der Waals surface area contributed by atoms with Crippen LogP contribution >= 0.6 is 0 Å². The van der Waals surface area contributed by atoms with E-state index in [2.05, 4.69) is 21.3 Å². The van der Waals surface area contributed by atoms with Gasteiger partial charge in [0.1, 0.15) is 11.1 Å². The van der Waals surface area contributed by atoms with Crippen LogP contribution in [0.15, 0.2) is 71.7 Å². The summed E-state index contributed by atoms with van der Waals surface area (Å²) in [5, 5.41) is 7.25. The van der Waals surface area contributed by atoms with Gasteiger partial charge in [0, 0.05) is 29.9 Å². The Morgan fingerprint density at radius 1 is 1.05 bits per heavy atom. The number of hydrogen-bond donors (Lipinski definition) is 1. The maximum atomic E-state index is 13.7. The van der Waals surface area contributed by atoms with Crippen LogP contribution in [0.2, 0.25) is 0 Å². The third-order valence-electron chi connectivity index (χ3n) is 6.69. The van der Waals surface area contributed by atoms with E-state index in [0.717, 1.165) is 28.8 Å². The van der Waals surface area contributed by atoms with Gasteiger partial charge in [0.15, 0.2) is 0 Å². The minimum absolute atomic E-state index is 0.00179. The number of alkyl halides is 3. The number of nitrogens with zero attached hydrogens (tertiary/aromatic N) is 5. The molecular formula is C31H33F3N6O2+2. The predicted molar refractivity (Wildman–Crippen MR) is 156 cm³/mol. The molecule has 0 aliphatic rings. The Morgan fingerprint density at radius 2 is 1.76 bits per heavy atom. The Bertz CT molecular complexity index is 1720. The van der Waals surface area contributed by atoms with Crippen molar-refractivity contribution in [2.45, 2.75) is 19.5 Å². The Balaban J connectivity index is 1.87. The minimum atomic E-state index is -4.61. The summed E-state index contributed by atoms with van der Waals surface area (Å²) in [7, 11) is 7.73. The molecule has 0 aliphatic carbocycles. The Hall–Kier alpha value is -4.69. The standard InChI is InChI=1S/C31H32F3N6O2/c1-21-26(28-14-16-37-39(28)24-12-10-22(11-13-24)20-35-2)19-27(29(41)36-15-7-17-40(3,4)5)30(42)38(21)25-9-6-8-23(18-25)31(32,33)34/h6,8-14,16,18-19H,7,15,17H2,1-5H3/q+1/p+1. The molecule has 0 unspecified atom stereocenters. The predicted octanol–water partition coefficient (Wildman–Crippen LogP) is 5.15. The normalized spacial score (nSPS) is 11.6. The van der Waals surface area contributed by atoms with Crippen molar-refractivity contribution in [1.82, 2.24) is 19.7 Å². The molecule has 0 spiro atoms. The fourth-order valence-corrected chi connectivity index (χ4v) is 4.63. The van der Waals surface area contributed by atoms with Gasteiger partial charge in [-0.05, 0) is 61.5 Å². The molecule has 11 heteroatoms. The molecule has 0 saturated heterocycles. The van der Waals surface area contributed by atoms with Gasteiger partial charge < -0.3 is 9.80 Å². The van der Waals surface area contributed by atoms with Gasteiger partial charge in [-0.25, -0.2) is 4.68 Å². The average Bonchev–Trinajstić information content (AvgIpc) is 3.41. The lowest BCUT2D eigenvalue weighted by atomic mass is 10.0. The van der Waals surface area contributed by atoms with Gasteiger partial charge in [-0.2, -0.15) is 18.3 Å². The van der Waals surface area contributed by atoms with E-state index < -0.39 is 23.2 Å². The van der Waals surface area contributed by atoms with E-state index in [-0.39, 0.29) is 11.3 Å². The fraction of sp³-hybridized carbons (Fsp3) is 0.290. The number of carbonyl (C=O) groups excluding carboxylic acids is 1. The second-order valence-corrected chi connectivity index (χ2v) is 10.9. The summed E-state index contributed by atoms with van der Waals surface area (Å²) in [5.74, 6) is -0.604. The molecule has 0 fully saturated rings. The van der Waals surface area contributed by atoms with Crippen molar-refractivity contribution < 1.29 is 22.4 Å². The number of carbonyl (C=O) groups is 1. The average molecular weight is 579 g/mol. The van der Waals surface area contributed by atoms with Crippen molar-refractivity contribution in [3.8, 4) is 28.7 Å². The topological polar surface area (TPSA) is 73.3 Å². The summed E-state index contributed by atoms with van der Waals surface area (Å²) in [6.45, 7) is 2.77. The highest BCUT2D eigenvalue weighted by Gasteiger charge is 2.31. The van der Waals surface area contributed by atoms with Crippen LogP contribution in [0.4, 0.5) is 13.2 Å². The SMILES string of the molecule is C[N+]#Cc1ccc(-n2nccc2-c2cc(C(=O)NCCC[N+](C)(C)C)c(=O)n(-c3cccc(C(F)(F)F)c3)c2C)cc1. The van der Waals surface area contributed by atoms with E-state index in [9.17, 15) is 22.8 Å². The molecule has 42 heavy (non-hydrogen) atoms. The summed E-state index contributed by atoms with van der Waals surface area (Å²) >= 11 is 0. The molecule has 4 rings (SSSR count). The maximum Gasteiger partial charge on any atom is 0.416 e. The molecule has 8 nitrogen and oxygen atoms in total. The number of rotatable bonds is 8. The number of halogens is 3. The first-order valence-corrected chi connectivity index (χ1v) is 13.3. The highest BCUT2D eigenvalue weighted by molar-refractivity contribution is 5.95. The number of benzene rings is 2. The zero-order chi connectivity index (χ0) is 30.7. The van der Waals surface area contributed by atoms with Gasteiger partial charge in [0.2, 0.25) is 0 Å². The van der Waals surface area contributed by atoms with Gasteiger partial charge in [-0.1, -0.05) is 10.9 Å². The Labute approximate surface area is 242 Å². The van der Waals surface area contributed by atoms with Crippen LogP contribution in [0.5, 0.6) is 0 Å². The van der Waals surface area contributed by atoms with E-state index in [1.54, 1.807) is 30.9 Å². The number of nitrogens with one attached hydrogen (secondary N) is 1. The number of aromatic nitrogens is 3. The van der Waals surface area contributed by atoms with Crippen LogP contribution in [0.25, 0.3) is 27.5 Å². The van der Waals surface area contributed by atoms with E-state index in [4.69, 9.17) is 0 Å². The van der Waals surface area contributed by atoms with E-state index in [1.165, 1.54) is 18.2 Å². The Kier molecular flexibility index (Phi) is 8.68. The summed E-state index contributed by atoms with van der Waals surface area (Å²) in [6.07, 6.45) is -2.35. The smallest absolute Gasteiger partial charge is 0.352 e. The molecule has 0 radical (unpaired) electrons. The quantitative estimate of drug-likeness (QED) is 0.232. The fourth-order valence-electron chi connectivity index (χ4n) is 4.63. The van der Waals surface area contributed by atoms with E-state index in [1.807, 2.05) is 45.4 Å². The van der Waals surface area contributed by atoms with Gasteiger partial charge in [0.25, 0.3) is 18.5 Å². The summed E-state index contributed by atoms with van der Waals surface area (Å²) in [5.41, 5.74) is 1.02. The van der Waals surface area contributed by atoms with Crippen LogP contribution in [-0.2, 0) is 6.18 Å². The van der Waals surface area contributed by atoms with E-state index >= 15 is 0 Å². The molecule has 0 atom stereocenters. The number of pyridine rings is 1. The molecule has 1 amide bonds. The van der Waals surface area contributed by atoms with Crippen molar-refractivity contribution in [2.75, 3.05) is 41.3 Å². The molecule has 0 aliphatic heterocycles. The molecule has 0 bridgehead atoms. The van der Waals surface area contributed by atoms with Gasteiger partial charge in [-0.15, -0.1) is 0 Å². The van der Waals surface area contributed by atoms with Gasteiger partial charge in [-0.3, -0.25) is 14.2 Å². The third kappa shape index (κ3) is 6.78. The molecular weight excluding hydrogens is 545 g/mol. The third-order valence-corrected chi connectivity index (χ3v) is 6.69. The molecule has 1 N–H and O–H groups in total. The lowest BCUT2D eigenvalue weighted by Gasteiger charge is -2.23. The lowest BCUT2D eigenvalue weighted by Crippen LogP contribution is -2.38. The van der Waals surface area contributed by atoms with Crippen molar-refractivity contribution in [2.24, 2.45) is 0 Å². The van der Waals surface area contributed by atoms with Gasteiger partial charge >= 0.3 is 12.2 Å². The molecule has 4 aromatic rings. The van der Waals surface area contributed by atoms with Crippen molar-refractivity contribution in [3.63, 3.8) is 0 Å². The first kappa shape index (κ1) is 30.3. The zero-order valence-electron chi connectivity index (χ0n) is 24.2. The molecule has 2 heterocycles. The highest BCUT2D eigenvalue weighted by Crippen LogP contribution is 2.32. The molecule has 2 aromatic heterocycles. The lowest BCUT2D eigenvalue weighted by molar-refractivity contribution is -0.870. The first-order valence-electron chi connectivity index (χ1n) is 13.3. The van der Waals surface area contributed by atoms with Crippen LogP contribution in [0, 0.1) is 13.0 Å². The zero-order valence-corrected chi connectivity index (χ0v) is 24.2. The van der Waals surface area contributed by atoms with Crippen LogP contribution < -0.4 is 10.9 Å². The first-order chi connectivity index (χ1) is 19.8. The summed E-state index contributed by atoms with van der Waals surface area (Å²) < 4.78 is 44.3. The minimum Gasteiger partial charge on any atom is -0.352 e. The van der Waals surface area contributed by atoms with E-state index in [0.29, 0.717) is 40.1 Å². The summed E-state index contributed by atoms with van der Waals surface area (Å²) in [4.78, 5) is 31.0. The maximum absolute atomic E-state index is 13.7. The second-order valence-electron chi connectivity index (χ2n) is 10.9. The molecule has 0 saturated carbocycles. The summed E-state index contributed by atoms with van der Waals surface area (Å²) in [6, 6.07) is 17.9. The van der Waals surface area contributed by atoms with Crippen LogP contribution in [0.3, 0.4) is 0 Å². The number of quaternary nitrogens is 1. The highest BCUT2D eigenvalue weighted by atomic mass is 19.4. The van der Waals surface area contributed by atoms with Crippen LogP contribution in [-0.4, -0.2) is 66.0 Å². The second kappa shape index (κ2) is 12.0. The largest absolute Gasteiger partial charge is 0.416 e. The molecule has 2 aromatic carbocycles. The Morgan fingerprint density at radius 3 is 2.40 bits per heavy atom. The number of amides is 1. The number of hydrogen-bond acceptors (Lipinski definition) is 3. The van der Waals surface area contributed by atoms with Crippen molar-refractivity contribution in [1.29, 1.82) is 0 Å². The monoisotopic (exact) mass is 578 g/mol. The van der Waals surface area contributed by atoms with Crippen molar-refractivity contribution >= 4 is 5.91 Å². The van der Waals surface area contributed by atoms with Crippen molar-refractivity contribution in [3.05, 3.63) is 104 Å². The molecule has 218 valence electrons. The van der Waals surface area contributed by atoms with Crippen LogP contribution in [0.1, 0.15) is 33.6 Å². The van der Waals surface area contributed by atoms with Gasteiger partial charge in [0.05, 0.1) is 50.8 Å².